The van der Waals surface area contributed by atoms with Crippen LogP contribution in [0.2, 0.25) is 20.1 Å². The minimum atomic E-state index is 0.532. The molecule has 0 heterocycles. The fourth-order valence-electron chi connectivity index (χ4n) is 1.36. The highest BCUT2D eigenvalue weighted by atomic mass is 35.5. The van der Waals surface area contributed by atoms with Gasteiger partial charge >= 0.3 is 0 Å². The third-order valence-corrected chi connectivity index (χ3v) is 2.83. The van der Waals surface area contributed by atoms with Gasteiger partial charge in [-0.05, 0) is 36.4 Å². The Morgan fingerprint density at radius 1 is 0.529 bits per heavy atom. The van der Waals surface area contributed by atoms with Crippen LogP contribution in [0.15, 0.2) is 36.4 Å². The number of nitrogens with zero attached hydrogens (tertiary/aromatic N) is 1. The molecule has 0 bridgehead atoms. The van der Waals surface area contributed by atoms with E-state index < -0.39 is 0 Å². The summed E-state index contributed by atoms with van der Waals surface area (Å²) < 4.78 is 0. The monoisotopic (exact) mass is 304 g/mol. The number of hydrogen-bond donors (Lipinski definition) is 0. The first-order valence-electron chi connectivity index (χ1n) is 4.67. The van der Waals surface area contributed by atoms with E-state index in [1.54, 1.807) is 36.4 Å². The number of rotatable bonds is 2. The largest absolute Gasteiger partial charge is 0.249 e. The van der Waals surface area contributed by atoms with E-state index in [1.807, 2.05) is 0 Å². The van der Waals surface area contributed by atoms with E-state index in [1.165, 1.54) is 0 Å². The molecule has 0 atom stereocenters. The van der Waals surface area contributed by atoms with Crippen molar-refractivity contribution in [3.8, 4) is 0 Å². The van der Waals surface area contributed by atoms with Crippen LogP contribution in [0.3, 0.4) is 0 Å². The first-order chi connectivity index (χ1) is 8.02. The van der Waals surface area contributed by atoms with Gasteiger partial charge in [0, 0.05) is 20.1 Å². The zero-order valence-electron chi connectivity index (χ0n) is 8.42. The summed E-state index contributed by atoms with van der Waals surface area (Å²) >= 11 is 23.5. The first kappa shape index (κ1) is 12.8. The van der Waals surface area contributed by atoms with Crippen LogP contribution in [0.5, 0.6) is 0 Å². The van der Waals surface area contributed by atoms with Crippen molar-refractivity contribution in [2.24, 2.45) is 0 Å². The van der Waals surface area contributed by atoms with Crippen LogP contribution in [-0.4, -0.2) is 0 Å². The normalized spacial score (nSPS) is 10.4. The molecule has 0 spiro atoms. The second-order valence-corrected chi connectivity index (χ2v) is 5.11. The maximum absolute atomic E-state index is 5.88. The van der Waals surface area contributed by atoms with Gasteiger partial charge in [0.1, 0.15) is 0 Å². The third kappa shape index (κ3) is 3.68. The molecule has 0 aliphatic heterocycles. The molecule has 1 nitrogen and oxygen atoms in total. The lowest BCUT2D eigenvalue weighted by molar-refractivity contribution is 1.19. The highest BCUT2D eigenvalue weighted by molar-refractivity contribution is 6.35. The molecule has 2 rings (SSSR count). The van der Waals surface area contributed by atoms with Gasteiger partial charge in [-0.15, -0.1) is 0 Å². The van der Waals surface area contributed by atoms with E-state index in [-0.39, 0.29) is 0 Å². The number of halogens is 4. The SMILES string of the molecule is Clc1cc(Cl)cc([N]c2cc(Cl)cc(Cl)c2)c1. The Labute approximate surface area is 119 Å². The summed E-state index contributed by atoms with van der Waals surface area (Å²) in [5.41, 5.74) is 1.31. The van der Waals surface area contributed by atoms with E-state index in [4.69, 9.17) is 46.4 Å². The molecule has 5 heteroatoms. The quantitative estimate of drug-likeness (QED) is 0.659. The molecule has 2 aromatic rings. The van der Waals surface area contributed by atoms with E-state index >= 15 is 0 Å². The molecule has 0 saturated carbocycles. The topological polar surface area (TPSA) is 14.1 Å². The lowest BCUT2D eigenvalue weighted by Crippen LogP contribution is -1.89. The van der Waals surface area contributed by atoms with Crippen LogP contribution >= 0.6 is 46.4 Å². The minimum absolute atomic E-state index is 0.532. The number of hydrogen-bond acceptors (Lipinski definition) is 0. The second-order valence-electron chi connectivity index (χ2n) is 3.37. The van der Waals surface area contributed by atoms with E-state index in [9.17, 15) is 0 Å². The van der Waals surface area contributed by atoms with Crippen LogP contribution in [-0.2, 0) is 0 Å². The van der Waals surface area contributed by atoms with Crippen LogP contribution in [0.1, 0.15) is 0 Å². The molecule has 0 aliphatic rings. The smallest absolute Gasteiger partial charge is 0.0666 e. The molecule has 17 heavy (non-hydrogen) atoms. The van der Waals surface area contributed by atoms with Gasteiger partial charge in [0.05, 0.1) is 11.4 Å². The Balaban J connectivity index is 2.31. The summed E-state index contributed by atoms with van der Waals surface area (Å²) in [6.07, 6.45) is 0. The van der Waals surface area contributed by atoms with Gasteiger partial charge in [0.2, 0.25) is 0 Å². The molecule has 0 saturated heterocycles. The molecule has 1 radical (unpaired) electrons. The second kappa shape index (κ2) is 5.36. The van der Waals surface area contributed by atoms with Gasteiger partial charge < -0.3 is 0 Å². The number of benzene rings is 2. The molecule has 0 amide bonds. The average Bonchev–Trinajstić information content (AvgIpc) is 2.13. The molecule has 0 N–H and O–H groups in total. The van der Waals surface area contributed by atoms with Crippen molar-refractivity contribution in [3.05, 3.63) is 56.5 Å². The highest BCUT2D eigenvalue weighted by Crippen LogP contribution is 2.28. The van der Waals surface area contributed by atoms with Crippen molar-refractivity contribution < 1.29 is 0 Å². The Kier molecular flexibility index (Phi) is 4.05. The molecule has 2 aromatic carbocycles. The summed E-state index contributed by atoms with van der Waals surface area (Å²) in [4.78, 5) is 0. The summed E-state index contributed by atoms with van der Waals surface area (Å²) in [7, 11) is 0. The third-order valence-electron chi connectivity index (χ3n) is 1.95. The zero-order valence-corrected chi connectivity index (χ0v) is 11.4. The average molecular weight is 306 g/mol. The standard InChI is InChI=1S/C12H6Cl4N/c13-7-1-8(14)4-11(3-7)17-12-5-9(15)2-10(16)6-12/h1-6H. The predicted molar refractivity (Wildman–Crippen MR) is 74.4 cm³/mol. The Bertz CT molecular complexity index is 464. The van der Waals surface area contributed by atoms with Gasteiger partial charge in [-0.25, -0.2) is 5.32 Å². The van der Waals surface area contributed by atoms with Crippen molar-refractivity contribution in [1.29, 1.82) is 0 Å². The van der Waals surface area contributed by atoms with E-state index in [0.717, 1.165) is 0 Å². The summed E-state index contributed by atoms with van der Waals surface area (Å²) in [5, 5.41) is 6.47. The van der Waals surface area contributed by atoms with Gasteiger partial charge in [-0.1, -0.05) is 46.4 Å². The van der Waals surface area contributed by atoms with Crippen molar-refractivity contribution >= 4 is 57.8 Å². The Hall–Kier alpha value is -0.600. The molecule has 0 unspecified atom stereocenters. The molecule has 0 aliphatic carbocycles. The maximum atomic E-state index is 5.88. The van der Waals surface area contributed by atoms with Crippen molar-refractivity contribution in [2.45, 2.75) is 0 Å². The first-order valence-corrected chi connectivity index (χ1v) is 6.18. The Morgan fingerprint density at radius 2 is 0.824 bits per heavy atom. The summed E-state index contributed by atoms with van der Waals surface area (Å²) in [5.74, 6) is 0. The fourth-order valence-corrected chi connectivity index (χ4v) is 2.39. The van der Waals surface area contributed by atoms with Gasteiger partial charge in [-0.2, -0.15) is 0 Å². The zero-order chi connectivity index (χ0) is 12.4. The van der Waals surface area contributed by atoms with Crippen LogP contribution in [0.4, 0.5) is 11.4 Å². The highest BCUT2D eigenvalue weighted by Gasteiger charge is 2.03. The molecule has 0 aromatic heterocycles. The van der Waals surface area contributed by atoms with Gasteiger partial charge in [0.25, 0.3) is 0 Å². The molecule has 0 fully saturated rings. The molecular formula is C12H6Cl4N. The molecule has 87 valence electrons. The van der Waals surface area contributed by atoms with Crippen LogP contribution in [0, 0.1) is 0 Å². The van der Waals surface area contributed by atoms with Gasteiger partial charge in [0.15, 0.2) is 0 Å². The van der Waals surface area contributed by atoms with Gasteiger partial charge in [-0.3, -0.25) is 0 Å². The minimum Gasteiger partial charge on any atom is -0.249 e. The van der Waals surface area contributed by atoms with Crippen LogP contribution in [0.25, 0.3) is 0 Å². The fraction of sp³-hybridized carbons (Fsp3) is 0. The maximum Gasteiger partial charge on any atom is 0.0666 e. The van der Waals surface area contributed by atoms with E-state index in [0.29, 0.717) is 31.5 Å². The lowest BCUT2D eigenvalue weighted by atomic mass is 10.2. The Morgan fingerprint density at radius 3 is 1.12 bits per heavy atom. The predicted octanol–water partition coefficient (Wildman–Crippen LogP) is 5.87. The van der Waals surface area contributed by atoms with Crippen molar-refractivity contribution in [3.63, 3.8) is 0 Å². The van der Waals surface area contributed by atoms with Crippen molar-refractivity contribution in [2.75, 3.05) is 0 Å². The van der Waals surface area contributed by atoms with Crippen LogP contribution < -0.4 is 5.32 Å². The summed E-state index contributed by atoms with van der Waals surface area (Å²) in [6.45, 7) is 0. The summed E-state index contributed by atoms with van der Waals surface area (Å²) in [6, 6.07) is 10.1. The molecular weight excluding hydrogens is 300 g/mol. The van der Waals surface area contributed by atoms with Crippen molar-refractivity contribution in [1.82, 2.24) is 5.32 Å². The van der Waals surface area contributed by atoms with E-state index in [2.05, 4.69) is 5.32 Å². The lowest BCUT2D eigenvalue weighted by Gasteiger charge is -2.05.